The van der Waals surface area contributed by atoms with E-state index in [1.807, 2.05) is 0 Å². The quantitative estimate of drug-likeness (QED) is 0.693. The molecule has 0 amide bonds. The summed E-state index contributed by atoms with van der Waals surface area (Å²) in [5, 5.41) is 1.22. The zero-order chi connectivity index (χ0) is 9.42. The standard InChI is InChI=1S/C10H12N2S/c1-6(2)9-8-4-7(3)13-10(8)12-5-11-9/h4-6H,1-3H3. The lowest BCUT2D eigenvalue weighted by Crippen LogP contribution is -1.93. The Morgan fingerprint density at radius 2 is 2.08 bits per heavy atom. The van der Waals surface area contributed by atoms with E-state index < -0.39 is 0 Å². The molecule has 0 aliphatic heterocycles. The van der Waals surface area contributed by atoms with Gasteiger partial charge in [0.1, 0.15) is 11.2 Å². The molecule has 2 heterocycles. The highest BCUT2D eigenvalue weighted by atomic mass is 32.1. The van der Waals surface area contributed by atoms with Crippen LogP contribution < -0.4 is 0 Å². The maximum absolute atomic E-state index is 4.32. The summed E-state index contributed by atoms with van der Waals surface area (Å²) in [4.78, 5) is 11.0. The SMILES string of the molecule is Cc1cc2c(C(C)C)ncnc2s1. The Kier molecular flexibility index (Phi) is 2.04. The van der Waals surface area contributed by atoms with Gasteiger partial charge in [-0.15, -0.1) is 11.3 Å². The van der Waals surface area contributed by atoms with Crippen molar-refractivity contribution in [3.8, 4) is 0 Å². The molecular formula is C10H12N2S. The van der Waals surface area contributed by atoms with E-state index in [4.69, 9.17) is 0 Å². The molecule has 13 heavy (non-hydrogen) atoms. The molecule has 0 unspecified atom stereocenters. The molecule has 0 fully saturated rings. The van der Waals surface area contributed by atoms with Gasteiger partial charge in [0.25, 0.3) is 0 Å². The van der Waals surface area contributed by atoms with Crippen molar-refractivity contribution in [1.82, 2.24) is 9.97 Å². The molecular weight excluding hydrogens is 180 g/mol. The summed E-state index contributed by atoms with van der Waals surface area (Å²) in [7, 11) is 0. The lowest BCUT2D eigenvalue weighted by Gasteiger charge is -2.03. The third kappa shape index (κ3) is 1.44. The van der Waals surface area contributed by atoms with Crippen molar-refractivity contribution >= 4 is 21.6 Å². The molecule has 0 aliphatic carbocycles. The molecule has 0 aliphatic rings. The second-order valence-corrected chi connectivity index (χ2v) is 4.72. The predicted molar refractivity (Wildman–Crippen MR) is 56.2 cm³/mol. The highest BCUT2D eigenvalue weighted by Crippen LogP contribution is 2.28. The van der Waals surface area contributed by atoms with Gasteiger partial charge in [0.2, 0.25) is 0 Å². The first-order chi connectivity index (χ1) is 6.18. The minimum absolute atomic E-state index is 0.472. The molecule has 2 aromatic rings. The van der Waals surface area contributed by atoms with Gasteiger partial charge in [-0.25, -0.2) is 9.97 Å². The van der Waals surface area contributed by atoms with Crippen LogP contribution >= 0.6 is 11.3 Å². The fraction of sp³-hybridized carbons (Fsp3) is 0.400. The van der Waals surface area contributed by atoms with Crippen molar-refractivity contribution in [2.45, 2.75) is 26.7 Å². The van der Waals surface area contributed by atoms with Crippen molar-refractivity contribution in [1.29, 1.82) is 0 Å². The summed E-state index contributed by atoms with van der Waals surface area (Å²) < 4.78 is 0. The molecule has 0 bridgehead atoms. The Balaban J connectivity index is 2.75. The van der Waals surface area contributed by atoms with Crippen LogP contribution in [0.4, 0.5) is 0 Å². The smallest absolute Gasteiger partial charge is 0.127 e. The van der Waals surface area contributed by atoms with Gasteiger partial charge in [-0.1, -0.05) is 13.8 Å². The van der Waals surface area contributed by atoms with Crippen LogP contribution in [0.15, 0.2) is 12.4 Å². The van der Waals surface area contributed by atoms with Gasteiger partial charge >= 0.3 is 0 Å². The maximum Gasteiger partial charge on any atom is 0.127 e. The Morgan fingerprint density at radius 1 is 1.31 bits per heavy atom. The van der Waals surface area contributed by atoms with Gasteiger partial charge in [0.15, 0.2) is 0 Å². The van der Waals surface area contributed by atoms with Gasteiger partial charge in [-0.05, 0) is 18.9 Å². The zero-order valence-electron chi connectivity index (χ0n) is 8.03. The average Bonchev–Trinajstić information content (AvgIpc) is 2.43. The minimum Gasteiger partial charge on any atom is -0.240 e. The van der Waals surface area contributed by atoms with Crippen LogP contribution in [0.1, 0.15) is 30.3 Å². The summed E-state index contributed by atoms with van der Waals surface area (Å²) in [6.07, 6.45) is 1.66. The van der Waals surface area contributed by atoms with E-state index in [9.17, 15) is 0 Å². The Morgan fingerprint density at radius 3 is 2.77 bits per heavy atom. The average molecular weight is 192 g/mol. The van der Waals surface area contributed by atoms with Gasteiger partial charge in [0.05, 0.1) is 5.69 Å². The fourth-order valence-corrected chi connectivity index (χ4v) is 2.31. The van der Waals surface area contributed by atoms with Gasteiger partial charge in [-0.3, -0.25) is 0 Å². The molecule has 0 N–H and O–H groups in total. The van der Waals surface area contributed by atoms with Gasteiger partial charge in [0, 0.05) is 10.3 Å². The number of rotatable bonds is 1. The molecule has 0 radical (unpaired) electrons. The third-order valence-corrected chi connectivity index (χ3v) is 2.99. The lowest BCUT2D eigenvalue weighted by molar-refractivity contribution is 0.829. The van der Waals surface area contributed by atoms with Crippen molar-refractivity contribution in [3.63, 3.8) is 0 Å². The molecule has 2 rings (SSSR count). The first-order valence-corrected chi connectivity index (χ1v) is 5.21. The van der Waals surface area contributed by atoms with Gasteiger partial charge in [-0.2, -0.15) is 0 Å². The molecule has 2 nitrogen and oxygen atoms in total. The number of hydrogen-bond donors (Lipinski definition) is 0. The first-order valence-electron chi connectivity index (χ1n) is 4.39. The van der Waals surface area contributed by atoms with E-state index in [2.05, 4.69) is 36.8 Å². The summed E-state index contributed by atoms with van der Waals surface area (Å²) in [6.45, 7) is 6.43. The van der Waals surface area contributed by atoms with Crippen molar-refractivity contribution in [2.75, 3.05) is 0 Å². The van der Waals surface area contributed by atoms with Crippen LogP contribution in [-0.2, 0) is 0 Å². The Hall–Kier alpha value is -0.960. The van der Waals surface area contributed by atoms with E-state index in [0.717, 1.165) is 10.5 Å². The molecule has 0 spiro atoms. The number of hydrogen-bond acceptors (Lipinski definition) is 3. The van der Waals surface area contributed by atoms with Crippen molar-refractivity contribution < 1.29 is 0 Å². The number of nitrogens with zero attached hydrogens (tertiary/aromatic N) is 2. The summed E-state index contributed by atoms with van der Waals surface area (Å²) in [5.74, 6) is 0.472. The van der Waals surface area contributed by atoms with E-state index in [1.54, 1.807) is 17.7 Å². The Labute approximate surface area is 81.7 Å². The highest BCUT2D eigenvalue weighted by Gasteiger charge is 2.09. The molecule has 0 atom stereocenters. The number of aryl methyl sites for hydroxylation is 1. The molecule has 3 heteroatoms. The normalized spacial score (nSPS) is 11.4. The first kappa shape index (κ1) is 8.63. The van der Waals surface area contributed by atoms with Gasteiger partial charge < -0.3 is 0 Å². The number of aromatic nitrogens is 2. The van der Waals surface area contributed by atoms with Crippen LogP contribution in [0, 0.1) is 6.92 Å². The molecule has 0 saturated heterocycles. The van der Waals surface area contributed by atoms with Crippen LogP contribution in [0.25, 0.3) is 10.2 Å². The molecule has 0 aromatic carbocycles. The number of fused-ring (bicyclic) bond motifs is 1. The third-order valence-electron chi connectivity index (χ3n) is 2.03. The van der Waals surface area contributed by atoms with Crippen molar-refractivity contribution in [2.24, 2.45) is 0 Å². The predicted octanol–water partition coefficient (Wildman–Crippen LogP) is 3.12. The van der Waals surface area contributed by atoms with E-state index in [0.29, 0.717) is 5.92 Å². The zero-order valence-corrected chi connectivity index (χ0v) is 8.85. The van der Waals surface area contributed by atoms with Crippen LogP contribution in [0.3, 0.4) is 0 Å². The van der Waals surface area contributed by atoms with Crippen LogP contribution in [0.2, 0.25) is 0 Å². The van der Waals surface area contributed by atoms with E-state index in [-0.39, 0.29) is 0 Å². The van der Waals surface area contributed by atoms with Crippen molar-refractivity contribution in [3.05, 3.63) is 23.0 Å². The minimum atomic E-state index is 0.472. The maximum atomic E-state index is 4.32. The molecule has 68 valence electrons. The summed E-state index contributed by atoms with van der Waals surface area (Å²) >= 11 is 1.73. The van der Waals surface area contributed by atoms with Crippen LogP contribution in [0.5, 0.6) is 0 Å². The number of thiophene rings is 1. The summed E-state index contributed by atoms with van der Waals surface area (Å²) in [5.41, 5.74) is 1.16. The topological polar surface area (TPSA) is 25.8 Å². The highest BCUT2D eigenvalue weighted by molar-refractivity contribution is 7.18. The Bertz CT molecular complexity index is 431. The molecule has 2 aromatic heterocycles. The fourth-order valence-electron chi connectivity index (χ4n) is 1.45. The monoisotopic (exact) mass is 192 g/mol. The van der Waals surface area contributed by atoms with E-state index in [1.165, 1.54) is 10.3 Å². The molecule has 0 saturated carbocycles. The van der Waals surface area contributed by atoms with E-state index >= 15 is 0 Å². The lowest BCUT2D eigenvalue weighted by atomic mass is 10.1. The largest absolute Gasteiger partial charge is 0.240 e. The van der Waals surface area contributed by atoms with Crippen LogP contribution in [-0.4, -0.2) is 9.97 Å². The second-order valence-electron chi connectivity index (χ2n) is 3.49. The summed E-state index contributed by atoms with van der Waals surface area (Å²) in [6, 6.07) is 2.18. The second kappa shape index (κ2) is 3.07.